The topological polar surface area (TPSA) is 92.7 Å². The molecule has 7 heteroatoms. The van der Waals surface area contributed by atoms with Gasteiger partial charge in [-0.1, -0.05) is 12.1 Å². The molecule has 0 aliphatic rings. The number of aliphatic carboxylic acids is 1. The van der Waals surface area contributed by atoms with E-state index in [0.29, 0.717) is 12.2 Å². The first-order valence-electron chi connectivity index (χ1n) is 5.70. The molecule has 2 N–H and O–H groups in total. The van der Waals surface area contributed by atoms with Crippen LogP contribution >= 0.6 is 0 Å². The summed E-state index contributed by atoms with van der Waals surface area (Å²) in [5, 5.41) is 8.65. The summed E-state index contributed by atoms with van der Waals surface area (Å²) in [7, 11) is -2.05. The van der Waals surface area contributed by atoms with Crippen molar-refractivity contribution in [2.45, 2.75) is 19.4 Å². The number of hydrogen-bond donors (Lipinski definition) is 2. The van der Waals surface area contributed by atoms with Crippen LogP contribution in [0.15, 0.2) is 24.3 Å². The minimum Gasteiger partial charge on any atom is -0.497 e. The van der Waals surface area contributed by atoms with Crippen LogP contribution in [0.5, 0.6) is 5.75 Å². The lowest BCUT2D eigenvalue weighted by molar-refractivity contribution is -0.138. The van der Waals surface area contributed by atoms with Crippen LogP contribution < -0.4 is 9.46 Å². The van der Waals surface area contributed by atoms with Crippen molar-refractivity contribution in [1.82, 2.24) is 4.72 Å². The van der Waals surface area contributed by atoms with E-state index in [2.05, 4.69) is 4.72 Å². The number of carboxylic acid groups (broad SMARTS) is 1. The monoisotopic (exact) mass is 287 g/mol. The van der Waals surface area contributed by atoms with Crippen molar-refractivity contribution in [3.8, 4) is 5.75 Å². The van der Waals surface area contributed by atoms with E-state index in [4.69, 9.17) is 9.84 Å². The van der Waals surface area contributed by atoms with Crippen molar-refractivity contribution in [3.05, 3.63) is 29.8 Å². The van der Waals surface area contributed by atoms with Gasteiger partial charge < -0.3 is 9.84 Å². The van der Waals surface area contributed by atoms with Crippen LogP contribution in [0.2, 0.25) is 0 Å². The number of carbonyl (C=O) groups is 1. The van der Waals surface area contributed by atoms with Gasteiger partial charge in [-0.05, 0) is 31.0 Å². The van der Waals surface area contributed by atoms with Crippen LogP contribution in [0.3, 0.4) is 0 Å². The van der Waals surface area contributed by atoms with E-state index in [9.17, 15) is 13.2 Å². The summed E-state index contributed by atoms with van der Waals surface area (Å²) in [4.78, 5) is 10.6. The quantitative estimate of drug-likeness (QED) is 0.767. The van der Waals surface area contributed by atoms with Crippen molar-refractivity contribution < 1.29 is 23.1 Å². The number of aryl methyl sites for hydroxylation is 1. The minimum absolute atomic E-state index is 0.156. The van der Waals surface area contributed by atoms with E-state index >= 15 is 0 Å². The largest absolute Gasteiger partial charge is 0.497 e. The van der Waals surface area contributed by atoms with Crippen LogP contribution in [-0.2, 0) is 21.2 Å². The van der Waals surface area contributed by atoms with Crippen LogP contribution in [0, 0.1) is 0 Å². The van der Waals surface area contributed by atoms with Gasteiger partial charge in [0.2, 0.25) is 10.0 Å². The summed E-state index contributed by atoms with van der Waals surface area (Å²) in [5.74, 6) is -0.658. The zero-order chi connectivity index (χ0) is 14.5. The predicted octanol–water partition coefficient (Wildman–Crippen LogP) is 0.630. The molecule has 1 atom stereocenters. The summed E-state index contributed by atoms with van der Waals surface area (Å²) >= 11 is 0. The number of hydrogen-bond acceptors (Lipinski definition) is 4. The van der Waals surface area contributed by atoms with Gasteiger partial charge in [0.05, 0.1) is 12.9 Å². The van der Waals surface area contributed by atoms with Gasteiger partial charge in [-0.2, -0.15) is 0 Å². The molecule has 0 saturated carbocycles. The molecule has 0 bridgehead atoms. The fourth-order valence-electron chi connectivity index (χ4n) is 1.42. The molecule has 1 unspecified atom stereocenters. The Labute approximate surface area is 112 Å². The Kier molecular flexibility index (Phi) is 5.31. The number of rotatable bonds is 7. The summed E-state index contributed by atoms with van der Waals surface area (Å²) in [5.41, 5.74) is 0.842. The zero-order valence-electron chi connectivity index (χ0n) is 10.8. The lowest BCUT2D eigenvalue weighted by atomic mass is 10.2. The van der Waals surface area contributed by atoms with Crippen molar-refractivity contribution in [2.24, 2.45) is 0 Å². The van der Waals surface area contributed by atoms with E-state index < -0.39 is 22.0 Å². The van der Waals surface area contributed by atoms with Gasteiger partial charge in [0, 0.05) is 0 Å². The number of carboxylic acids is 1. The highest BCUT2D eigenvalue weighted by Crippen LogP contribution is 2.12. The lowest BCUT2D eigenvalue weighted by Gasteiger charge is -2.10. The first-order chi connectivity index (χ1) is 8.84. The number of methoxy groups -OCH3 is 1. The van der Waals surface area contributed by atoms with Gasteiger partial charge in [-0.15, -0.1) is 0 Å². The second-order valence-electron chi connectivity index (χ2n) is 4.09. The normalized spacial score (nSPS) is 12.9. The third-order valence-electron chi connectivity index (χ3n) is 2.55. The molecule has 1 rings (SSSR count). The Balaban J connectivity index is 2.57. The lowest BCUT2D eigenvalue weighted by Crippen LogP contribution is -2.39. The Morgan fingerprint density at radius 3 is 2.42 bits per heavy atom. The first kappa shape index (κ1) is 15.5. The smallest absolute Gasteiger partial charge is 0.321 e. The van der Waals surface area contributed by atoms with Crippen molar-refractivity contribution in [2.75, 3.05) is 12.9 Å². The molecule has 0 aromatic heterocycles. The highest BCUT2D eigenvalue weighted by molar-refractivity contribution is 7.89. The molecular weight excluding hydrogens is 270 g/mol. The maximum absolute atomic E-state index is 11.6. The number of sulfonamides is 1. The molecule has 0 fully saturated rings. The van der Waals surface area contributed by atoms with Crippen molar-refractivity contribution in [3.63, 3.8) is 0 Å². The molecule has 0 spiro atoms. The summed E-state index contributed by atoms with van der Waals surface area (Å²) in [6.07, 6.45) is 0.311. The molecule has 0 aliphatic carbocycles. The number of nitrogens with one attached hydrogen (secondary N) is 1. The maximum atomic E-state index is 11.6. The highest BCUT2D eigenvalue weighted by atomic mass is 32.2. The van der Waals surface area contributed by atoms with Gasteiger partial charge in [-0.25, -0.2) is 13.1 Å². The second kappa shape index (κ2) is 6.53. The van der Waals surface area contributed by atoms with E-state index in [-0.39, 0.29) is 5.75 Å². The van der Waals surface area contributed by atoms with E-state index in [0.717, 1.165) is 5.56 Å². The van der Waals surface area contributed by atoms with Gasteiger partial charge in [0.25, 0.3) is 0 Å². The zero-order valence-corrected chi connectivity index (χ0v) is 11.6. The Bertz CT molecular complexity index is 524. The average molecular weight is 287 g/mol. The summed E-state index contributed by atoms with van der Waals surface area (Å²) < 4.78 is 30.4. The average Bonchev–Trinajstić information content (AvgIpc) is 2.36. The number of ether oxygens (including phenoxy) is 1. The minimum atomic E-state index is -3.60. The molecule has 19 heavy (non-hydrogen) atoms. The van der Waals surface area contributed by atoms with Gasteiger partial charge in [0.1, 0.15) is 11.8 Å². The Morgan fingerprint density at radius 1 is 1.37 bits per heavy atom. The molecule has 0 aliphatic heterocycles. The third kappa shape index (κ3) is 5.27. The predicted molar refractivity (Wildman–Crippen MR) is 70.7 cm³/mol. The third-order valence-corrected chi connectivity index (χ3v) is 4.00. The molecule has 1 aromatic rings. The molecule has 106 valence electrons. The molecule has 0 amide bonds. The van der Waals surface area contributed by atoms with Crippen LogP contribution in [-0.4, -0.2) is 38.4 Å². The van der Waals surface area contributed by atoms with Crippen molar-refractivity contribution in [1.29, 1.82) is 0 Å². The maximum Gasteiger partial charge on any atom is 0.321 e. The van der Waals surface area contributed by atoms with E-state index in [1.54, 1.807) is 31.4 Å². The fraction of sp³-hybridized carbons (Fsp3) is 0.417. The van der Waals surface area contributed by atoms with Gasteiger partial charge in [0.15, 0.2) is 0 Å². The summed E-state index contributed by atoms with van der Waals surface area (Å²) in [6.45, 7) is 1.28. The van der Waals surface area contributed by atoms with E-state index in [1.165, 1.54) is 6.92 Å². The summed E-state index contributed by atoms with van der Waals surface area (Å²) in [6, 6.07) is 5.91. The molecule has 0 heterocycles. The Morgan fingerprint density at radius 2 is 1.95 bits per heavy atom. The molecule has 6 nitrogen and oxygen atoms in total. The molecular formula is C12H17NO5S. The van der Waals surface area contributed by atoms with Crippen LogP contribution in [0.1, 0.15) is 12.5 Å². The van der Waals surface area contributed by atoms with Crippen LogP contribution in [0.4, 0.5) is 0 Å². The molecule has 1 aromatic carbocycles. The van der Waals surface area contributed by atoms with Crippen LogP contribution in [0.25, 0.3) is 0 Å². The first-order valence-corrected chi connectivity index (χ1v) is 7.35. The highest BCUT2D eigenvalue weighted by Gasteiger charge is 2.19. The number of benzene rings is 1. The molecule has 0 saturated heterocycles. The standard InChI is InChI=1S/C12H17NO5S/c1-9(12(14)15)13-19(16,17)8-7-10-3-5-11(18-2)6-4-10/h3-6,9,13H,7-8H2,1-2H3,(H,14,15). The van der Waals surface area contributed by atoms with E-state index in [1.807, 2.05) is 0 Å². The molecule has 0 radical (unpaired) electrons. The van der Waals surface area contributed by atoms with Gasteiger partial charge >= 0.3 is 5.97 Å². The fourth-order valence-corrected chi connectivity index (χ4v) is 2.68. The Hall–Kier alpha value is -1.60. The second-order valence-corrected chi connectivity index (χ2v) is 5.97. The van der Waals surface area contributed by atoms with Crippen molar-refractivity contribution >= 4 is 16.0 Å². The SMILES string of the molecule is COc1ccc(CCS(=O)(=O)NC(C)C(=O)O)cc1. The van der Waals surface area contributed by atoms with Gasteiger partial charge in [-0.3, -0.25) is 4.79 Å².